The van der Waals surface area contributed by atoms with Gasteiger partial charge in [0, 0.05) is 22.9 Å². The summed E-state index contributed by atoms with van der Waals surface area (Å²) in [6, 6.07) is 6.46. The van der Waals surface area contributed by atoms with Crippen molar-refractivity contribution in [1.29, 1.82) is 0 Å². The molecule has 0 spiro atoms. The first-order chi connectivity index (χ1) is 8.65. The van der Waals surface area contributed by atoms with Gasteiger partial charge in [0.15, 0.2) is 0 Å². The van der Waals surface area contributed by atoms with E-state index in [1.165, 1.54) is 22.6 Å². The fourth-order valence-corrected chi connectivity index (χ4v) is 3.32. The lowest BCUT2D eigenvalue weighted by molar-refractivity contribution is 0.164. The zero-order valence-corrected chi connectivity index (χ0v) is 10.8. The Morgan fingerprint density at radius 2 is 2.22 bits per heavy atom. The second-order valence-corrected chi connectivity index (χ2v) is 5.55. The quantitative estimate of drug-likeness (QED) is 0.851. The molecule has 0 saturated carbocycles. The number of nitrogens with two attached hydrogens (primary N) is 1. The minimum Gasteiger partial charge on any atom is -0.484 e. The summed E-state index contributed by atoms with van der Waals surface area (Å²) < 4.78 is 19.1. The van der Waals surface area contributed by atoms with Gasteiger partial charge in [-0.2, -0.15) is 0 Å². The molecule has 0 amide bonds. The molecule has 0 saturated heterocycles. The van der Waals surface area contributed by atoms with Crippen LogP contribution in [0.2, 0.25) is 0 Å². The van der Waals surface area contributed by atoms with Crippen molar-refractivity contribution in [2.75, 3.05) is 0 Å². The molecule has 2 aromatic rings. The van der Waals surface area contributed by atoms with Crippen LogP contribution in [0.15, 0.2) is 29.6 Å². The summed E-state index contributed by atoms with van der Waals surface area (Å²) in [5.41, 5.74) is 8.11. The zero-order valence-electron chi connectivity index (χ0n) is 10.0. The molecule has 1 aliphatic heterocycles. The number of benzene rings is 1. The number of thiophene rings is 1. The second kappa shape index (κ2) is 4.37. The van der Waals surface area contributed by atoms with Gasteiger partial charge < -0.3 is 10.5 Å². The predicted octanol–water partition coefficient (Wildman–Crippen LogP) is 3.72. The maximum absolute atomic E-state index is 13.2. The maximum atomic E-state index is 13.2. The highest BCUT2D eigenvalue weighted by Gasteiger charge is 2.28. The van der Waals surface area contributed by atoms with E-state index in [0.717, 1.165) is 5.56 Å². The lowest BCUT2D eigenvalue weighted by atomic mass is 9.95. The van der Waals surface area contributed by atoms with Gasteiger partial charge in [-0.1, -0.05) is 0 Å². The molecule has 1 unspecified atom stereocenters. The third-order valence-corrected chi connectivity index (χ3v) is 4.41. The molecule has 3 rings (SSSR count). The third-order valence-electron chi connectivity index (χ3n) is 3.30. The van der Waals surface area contributed by atoms with Crippen LogP contribution < -0.4 is 10.5 Å². The van der Waals surface area contributed by atoms with Crippen LogP contribution in [0.5, 0.6) is 5.75 Å². The fourth-order valence-electron chi connectivity index (χ4n) is 2.35. The van der Waals surface area contributed by atoms with Crippen molar-refractivity contribution in [3.05, 3.63) is 51.5 Å². The number of fused-ring (bicyclic) bond motifs is 1. The number of aryl methyl sites for hydroxylation is 1. The van der Waals surface area contributed by atoms with Crippen molar-refractivity contribution in [2.24, 2.45) is 5.73 Å². The van der Waals surface area contributed by atoms with Gasteiger partial charge in [0.1, 0.15) is 17.7 Å². The molecule has 4 heteroatoms. The SMILES string of the molecule is Cc1ccsc1C1C[C@H](N)c2cc(F)ccc2O1. The third kappa shape index (κ3) is 1.91. The first kappa shape index (κ1) is 11.7. The number of rotatable bonds is 1. The van der Waals surface area contributed by atoms with Crippen molar-refractivity contribution < 1.29 is 9.13 Å². The minimum atomic E-state index is -0.265. The average molecular weight is 263 g/mol. The molecule has 0 bridgehead atoms. The van der Waals surface area contributed by atoms with Gasteiger partial charge in [0.2, 0.25) is 0 Å². The van der Waals surface area contributed by atoms with Crippen molar-refractivity contribution in [3.63, 3.8) is 0 Å². The molecule has 94 valence electrons. The van der Waals surface area contributed by atoms with Crippen LogP contribution in [0.3, 0.4) is 0 Å². The molecule has 0 radical (unpaired) electrons. The summed E-state index contributed by atoms with van der Waals surface area (Å²) in [6.45, 7) is 2.07. The van der Waals surface area contributed by atoms with Crippen LogP contribution in [-0.2, 0) is 0 Å². The molecule has 2 atom stereocenters. The van der Waals surface area contributed by atoms with E-state index >= 15 is 0 Å². The molecule has 1 aromatic heterocycles. The van der Waals surface area contributed by atoms with E-state index in [0.29, 0.717) is 12.2 Å². The van der Waals surface area contributed by atoms with Gasteiger partial charge in [0.05, 0.1) is 0 Å². The van der Waals surface area contributed by atoms with Crippen molar-refractivity contribution >= 4 is 11.3 Å². The lowest BCUT2D eigenvalue weighted by Gasteiger charge is -2.30. The molecule has 1 aliphatic rings. The van der Waals surface area contributed by atoms with E-state index in [1.54, 1.807) is 17.4 Å². The molecular formula is C14H14FNOS. The standard InChI is InChI=1S/C14H14FNOS/c1-8-4-5-18-14(8)13-7-11(16)10-6-9(15)2-3-12(10)17-13/h2-6,11,13H,7,16H2,1H3/t11-,13?/m0/s1. The zero-order chi connectivity index (χ0) is 12.7. The first-order valence-corrected chi connectivity index (χ1v) is 6.79. The van der Waals surface area contributed by atoms with E-state index in [1.807, 2.05) is 0 Å². The Kier molecular flexibility index (Phi) is 2.84. The van der Waals surface area contributed by atoms with E-state index < -0.39 is 0 Å². The predicted molar refractivity (Wildman–Crippen MR) is 70.4 cm³/mol. The summed E-state index contributed by atoms with van der Waals surface area (Å²) in [7, 11) is 0. The molecule has 0 fully saturated rings. The van der Waals surface area contributed by atoms with Crippen LogP contribution in [0.1, 0.15) is 34.6 Å². The first-order valence-electron chi connectivity index (χ1n) is 5.91. The number of hydrogen-bond donors (Lipinski definition) is 1. The summed E-state index contributed by atoms with van der Waals surface area (Å²) in [5, 5.41) is 2.06. The number of ether oxygens (including phenoxy) is 1. The average Bonchev–Trinajstić information content (AvgIpc) is 2.76. The molecule has 2 nitrogen and oxygen atoms in total. The summed E-state index contributed by atoms with van der Waals surface area (Å²) in [6.07, 6.45) is 0.676. The topological polar surface area (TPSA) is 35.2 Å². The normalized spacial score (nSPS) is 22.4. The van der Waals surface area contributed by atoms with Crippen LogP contribution in [-0.4, -0.2) is 0 Å². The highest BCUT2D eigenvalue weighted by Crippen LogP contribution is 2.41. The minimum absolute atomic E-state index is 0.0158. The summed E-state index contributed by atoms with van der Waals surface area (Å²) >= 11 is 1.68. The van der Waals surface area contributed by atoms with Crippen LogP contribution >= 0.6 is 11.3 Å². The van der Waals surface area contributed by atoms with E-state index in [2.05, 4.69) is 18.4 Å². The van der Waals surface area contributed by atoms with Gasteiger partial charge in [-0.3, -0.25) is 0 Å². The van der Waals surface area contributed by atoms with Crippen molar-refractivity contribution in [2.45, 2.75) is 25.5 Å². The molecule has 1 aromatic carbocycles. The lowest BCUT2D eigenvalue weighted by Crippen LogP contribution is -2.24. The summed E-state index contributed by atoms with van der Waals surface area (Å²) in [5.74, 6) is 0.437. The fraction of sp³-hybridized carbons (Fsp3) is 0.286. The maximum Gasteiger partial charge on any atom is 0.135 e. The highest BCUT2D eigenvalue weighted by atomic mass is 32.1. The van der Waals surface area contributed by atoms with Crippen molar-refractivity contribution in [1.82, 2.24) is 0 Å². The van der Waals surface area contributed by atoms with E-state index in [9.17, 15) is 4.39 Å². The van der Waals surface area contributed by atoms with Gasteiger partial charge in [-0.15, -0.1) is 11.3 Å². The Morgan fingerprint density at radius 3 is 2.94 bits per heavy atom. The molecular weight excluding hydrogens is 249 g/mol. The Balaban J connectivity index is 1.97. The summed E-state index contributed by atoms with van der Waals surface area (Å²) in [4.78, 5) is 1.21. The Hall–Kier alpha value is -1.39. The van der Waals surface area contributed by atoms with Crippen LogP contribution in [0, 0.1) is 12.7 Å². The Bertz CT molecular complexity index is 581. The van der Waals surface area contributed by atoms with E-state index in [4.69, 9.17) is 10.5 Å². The van der Waals surface area contributed by atoms with Crippen molar-refractivity contribution in [3.8, 4) is 5.75 Å². The Morgan fingerprint density at radius 1 is 1.39 bits per heavy atom. The number of hydrogen-bond acceptors (Lipinski definition) is 3. The van der Waals surface area contributed by atoms with E-state index in [-0.39, 0.29) is 18.0 Å². The van der Waals surface area contributed by atoms with Gasteiger partial charge in [0.25, 0.3) is 0 Å². The van der Waals surface area contributed by atoms with Crippen LogP contribution in [0.25, 0.3) is 0 Å². The van der Waals surface area contributed by atoms with Gasteiger partial charge in [-0.25, -0.2) is 4.39 Å². The largest absolute Gasteiger partial charge is 0.484 e. The molecule has 0 aliphatic carbocycles. The monoisotopic (exact) mass is 263 g/mol. The highest BCUT2D eigenvalue weighted by molar-refractivity contribution is 7.10. The molecule has 2 N–H and O–H groups in total. The molecule has 2 heterocycles. The molecule has 18 heavy (non-hydrogen) atoms. The smallest absolute Gasteiger partial charge is 0.135 e. The second-order valence-electron chi connectivity index (χ2n) is 4.60. The number of halogens is 1. The van der Waals surface area contributed by atoms with Crippen LogP contribution in [0.4, 0.5) is 4.39 Å². The van der Waals surface area contributed by atoms with Gasteiger partial charge in [-0.05, 0) is 42.1 Å². The van der Waals surface area contributed by atoms with Gasteiger partial charge >= 0.3 is 0 Å². The Labute approximate surface area is 109 Å².